The number of halogens is 1. The summed E-state index contributed by atoms with van der Waals surface area (Å²) >= 11 is 6.19. The van der Waals surface area contributed by atoms with Crippen molar-refractivity contribution >= 4 is 55.8 Å². The molecule has 8 nitrogen and oxygen atoms in total. The van der Waals surface area contributed by atoms with Gasteiger partial charge in [0.05, 0.1) is 15.6 Å². The third kappa shape index (κ3) is 4.06. The number of carbonyl (C=O) groups excluding carboxylic acids is 3. The Kier molecular flexibility index (Phi) is 6.44. The van der Waals surface area contributed by atoms with E-state index in [1.165, 1.54) is 22.5 Å². The molecule has 0 saturated carbocycles. The number of imide groups is 1. The highest BCUT2D eigenvalue weighted by molar-refractivity contribution is 7.89. The maximum absolute atomic E-state index is 13.0. The Bertz CT molecular complexity index is 1380. The summed E-state index contributed by atoms with van der Waals surface area (Å²) in [7, 11) is -3.77. The van der Waals surface area contributed by atoms with E-state index in [2.05, 4.69) is 5.32 Å². The van der Waals surface area contributed by atoms with Crippen LogP contribution in [0.1, 0.15) is 34.6 Å². The molecule has 0 aromatic heterocycles. The average Bonchev–Trinajstić information content (AvgIpc) is 2.82. The molecule has 0 bridgehead atoms. The van der Waals surface area contributed by atoms with Gasteiger partial charge >= 0.3 is 0 Å². The van der Waals surface area contributed by atoms with Gasteiger partial charge in [0.1, 0.15) is 6.54 Å². The van der Waals surface area contributed by atoms with Gasteiger partial charge in [0.15, 0.2) is 0 Å². The smallest absolute Gasteiger partial charge is 0.261 e. The zero-order chi connectivity index (χ0) is 24.6. The Morgan fingerprint density at radius 1 is 0.971 bits per heavy atom. The Morgan fingerprint density at radius 3 is 2.12 bits per heavy atom. The lowest BCUT2D eigenvalue weighted by Crippen LogP contribution is -2.44. The van der Waals surface area contributed by atoms with E-state index in [4.69, 9.17) is 11.6 Å². The van der Waals surface area contributed by atoms with Crippen LogP contribution >= 0.6 is 11.6 Å². The van der Waals surface area contributed by atoms with Crippen LogP contribution in [0.2, 0.25) is 5.02 Å². The molecule has 176 valence electrons. The average molecular weight is 500 g/mol. The summed E-state index contributed by atoms with van der Waals surface area (Å²) in [4.78, 5) is 39.7. The lowest BCUT2D eigenvalue weighted by Gasteiger charge is -2.26. The minimum absolute atomic E-state index is 0.0263. The Hall–Kier alpha value is -3.27. The second-order valence-electron chi connectivity index (χ2n) is 7.68. The van der Waals surface area contributed by atoms with Gasteiger partial charge in [-0.3, -0.25) is 19.3 Å². The van der Waals surface area contributed by atoms with Gasteiger partial charge in [0, 0.05) is 29.6 Å². The lowest BCUT2D eigenvalue weighted by atomic mass is 9.94. The molecule has 0 radical (unpaired) electrons. The summed E-state index contributed by atoms with van der Waals surface area (Å²) in [5.74, 6) is -1.84. The molecule has 10 heteroatoms. The molecule has 34 heavy (non-hydrogen) atoms. The van der Waals surface area contributed by atoms with Gasteiger partial charge in [-0.25, -0.2) is 8.42 Å². The minimum Gasteiger partial charge on any atom is -0.323 e. The summed E-state index contributed by atoms with van der Waals surface area (Å²) in [6, 6.07) is 14.3. The number of carbonyl (C=O) groups is 3. The maximum atomic E-state index is 13.0. The highest BCUT2D eigenvalue weighted by Crippen LogP contribution is 2.30. The van der Waals surface area contributed by atoms with Crippen LogP contribution in [0.15, 0.2) is 59.5 Å². The molecule has 3 aromatic carbocycles. The summed E-state index contributed by atoms with van der Waals surface area (Å²) in [5, 5.41) is 3.98. The van der Waals surface area contributed by atoms with Crippen LogP contribution in [0.4, 0.5) is 5.69 Å². The number of sulfonamides is 1. The second kappa shape index (κ2) is 9.17. The predicted molar refractivity (Wildman–Crippen MR) is 130 cm³/mol. The third-order valence-corrected chi connectivity index (χ3v) is 8.09. The van der Waals surface area contributed by atoms with Gasteiger partial charge in [0.2, 0.25) is 15.9 Å². The van der Waals surface area contributed by atoms with Crippen LogP contribution in [-0.2, 0) is 14.8 Å². The molecule has 1 heterocycles. The van der Waals surface area contributed by atoms with Crippen LogP contribution in [0.25, 0.3) is 10.8 Å². The van der Waals surface area contributed by atoms with E-state index in [0.29, 0.717) is 16.5 Å². The first-order valence-corrected chi connectivity index (χ1v) is 12.5. The Balaban J connectivity index is 1.59. The summed E-state index contributed by atoms with van der Waals surface area (Å²) in [5.41, 5.74) is 0.746. The minimum atomic E-state index is -3.77. The highest BCUT2D eigenvalue weighted by Gasteiger charge is 2.34. The van der Waals surface area contributed by atoms with E-state index >= 15 is 0 Å². The van der Waals surface area contributed by atoms with Gasteiger partial charge in [-0.1, -0.05) is 49.7 Å². The number of amides is 3. The number of benzene rings is 3. The van der Waals surface area contributed by atoms with E-state index in [9.17, 15) is 22.8 Å². The van der Waals surface area contributed by atoms with Crippen molar-refractivity contribution in [3.8, 4) is 0 Å². The van der Waals surface area contributed by atoms with E-state index < -0.39 is 34.3 Å². The van der Waals surface area contributed by atoms with E-state index in [0.717, 1.165) is 10.3 Å². The van der Waals surface area contributed by atoms with Crippen LogP contribution in [0.3, 0.4) is 0 Å². The quantitative estimate of drug-likeness (QED) is 0.498. The predicted octanol–water partition coefficient (Wildman–Crippen LogP) is 3.76. The zero-order valence-corrected chi connectivity index (χ0v) is 20.1. The molecule has 0 saturated heterocycles. The van der Waals surface area contributed by atoms with Gasteiger partial charge in [-0.2, -0.15) is 4.31 Å². The largest absolute Gasteiger partial charge is 0.323 e. The number of hydrogen-bond acceptors (Lipinski definition) is 5. The molecule has 1 N–H and O–H groups in total. The van der Waals surface area contributed by atoms with E-state index in [1.807, 2.05) is 12.1 Å². The van der Waals surface area contributed by atoms with Crippen molar-refractivity contribution in [2.75, 3.05) is 25.0 Å². The number of rotatable bonds is 7. The molecule has 0 fully saturated rings. The van der Waals surface area contributed by atoms with Crippen LogP contribution < -0.4 is 5.32 Å². The van der Waals surface area contributed by atoms with Crippen molar-refractivity contribution < 1.29 is 22.8 Å². The SMILES string of the molecule is CCN(CC)S(=O)(=O)c1ccc(Cl)c(NC(=O)CN2C(=O)c3cccc4cccc(c34)C2=O)c1. The van der Waals surface area contributed by atoms with Gasteiger partial charge in [-0.15, -0.1) is 0 Å². The molecule has 0 aliphatic carbocycles. The molecule has 4 rings (SSSR count). The fourth-order valence-electron chi connectivity index (χ4n) is 4.03. The molecule has 0 spiro atoms. The monoisotopic (exact) mass is 499 g/mol. The molecule has 3 aromatic rings. The Morgan fingerprint density at radius 2 is 1.56 bits per heavy atom. The molecular formula is C24H22ClN3O5S. The molecule has 0 atom stereocenters. The van der Waals surface area contributed by atoms with Gasteiger partial charge in [0.25, 0.3) is 11.8 Å². The van der Waals surface area contributed by atoms with Gasteiger partial charge in [-0.05, 0) is 35.7 Å². The van der Waals surface area contributed by atoms with E-state index in [-0.39, 0.29) is 28.7 Å². The normalized spacial score (nSPS) is 13.6. The number of nitrogens with one attached hydrogen (secondary N) is 1. The van der Waals surface area contributed by atoms with E-state index in [1.54, 1.807) is 38.1 Å². The fourth-order valence-corrected chi connectivity index (χ4v) is 5.68. The third-order valence-electron chi connectivity index (χ3n) is 5.71. The molecule has 3 amide bonds. The molecule has 1 aliphatic heterocycles. The summed E-state index contributed by atoms with van der Waals surface area (Å²) < 4.78 is 26.9. The molecule has 1 aliphatic rings. The first-order valence-electron chi connectivity index (χ1n) is 10.7. The van der Waals surface area contributed by atoms with Crippen LogP contribution in [0, 0.1) is 0 Å². The first kappa shape index (κ1) is 23.9. The maximum Gasteiger partial charge on any atom is 0.261 e. The number of hydrogen-bond donors (Lipinski definition) is 1. The molecule has 0 unspecified atom stereocenters. The molecular weight excluding hydrogens is 478 g/mol. The van der Waals surface area contributed by atoms with Gasteiger partial charge < -0.3 is 5.32 Å². The number of nitrogens with zero attached hydrogens (tertiary/aromatic N) is 2. The Labute approximate surface area is 202 Å². The first-order chi connectivity index (χ1) is 16.2. The van der Waals surface area contributed by atoms with Crippen LogP contribution in [-0.4, -0.2) is 55.0 Å². The van der Waals surface area contributed by atoms with Crippen molar-refractivity contribution in [2.24, 2.45) is 0 Å². The van der Waals surface area contributed by atoms with Crippen molar-refractivity contribution in [3.05, 3.63) is 70.7 Å². The van der Waals surface area contributed by atoms with Crippen molar-refractivity contribution in [1.29, 1.82) is 0 Å². The van der Waals surface area contributed by atoms with Crippen molar-refractivity contribution in [2.45, 2.75) is 18.7 Å². The standard InChI is InChI=1S/C24H22ClN3O5S/c1-3-27(4-2)34(32,33)16-11-12-19(25)20(13-16)26-21(29)14-28-23(30)17-9-5-7-15-8-6-10-18(22(15)17)24(28)31/h5-13H,3-4,14H2,1-2H3,(H,26,29). The highest BCUT2D eigenvalue weighted by atomic mass is 35.5. The van der Waals surface area contributed by atoms with Crippen molar-refractivity contribution in [1.82, 2.24) is 9.21 Å². The summed E-state index contributed by atoms with van der Waals surface area (Å²) in [6.45, 7) is 3.48. The van der Waals surface area contributed by atoms with Crippen molar-refractivity contribution in [3.63, 3.8) is 0 Å². The summed E-state index contributed by atoms with van der Waals surface area (Å²) in [6.07, 6.45) is 0. The second-order valence-corrected chi connectivity index (χ2v) is 10.0. The lowest BCUT2D eigenvalue weighted by molar-refractivity contribution is -0.116. The number of anilines is 1. The zero-order valence-electron chi connectivity index (χ0n) is 18.5. The fraction of sp³-hybridized carbons (Fsp3) is 0.208. The van der Waals surface area contributed by atoms with Crippen LogP contribution in [0.5, 0.6) is 0 Å². The topological polar surface area (TPSA) is 104 Å².